The van der Waals surface area contributed by atoms with Crippen molar-refractivity contribution in [2.24, 2.45) is 14.1 Å². The summed E-state index contributed by atoms with van der Waals surface area (Å²) in [6, 6.07) is 18.2. The van der Waals surface area contributed by atoms with Crippen molar-refractivity contribution in [1.29, 1.82) is 0 Å². The van der Waals surface area contributed by atoms with E-state index < -0.39 is 5.69 Å². The zero-order chi connectivity index (χ0) is 21.2. The van der Waals surface area contributed by atoms with Gasteiger partial charge in [0.2, 0.25) is 5.78 Å². The molecule has 150 valence electrons. The molecule has 0 spiro atoms. The maximum absolute atomic E-state index is 13.0. The smallest absolute Gasteiger partial charge is 0.279 e. The van der Waals surface area contributed by atoms with Crippen molar-refractivity contribution in [1.82, 2.24) is 23.1 Å². The zero-order valence-electron chi connectivity index (χ0n) is 17.2. The number of rotatable bonds is 2. The predicted molar refractivity (Wildman–Crippen MR) is 117 cm³/mol. The van der Waals surface area contributed by atoms with Gasteiger partial charge >= 0.3 is 5.69 Å². The summed E-state index contributed by atoms with van der Waals surface area (Å²) in [5.41, 5.74) is 5.01. The van der Waals surface area contributed by atoms with Gasteiger partial charge in [-0.15, -0.1) is 0 Å². The van der Waals surface area contributed by atoms with E-state index >= 15 is 0 Å². The second kappa shape index (κ2) is 6.32. The number of hydrogen-bond acceptors (Lipinski definition) is 3. The van der Waals surface area contributed by atoms with Gasteiger partial charge in [-0.05, 0) is 26.0 Å². The van der Waals surface area contributed by atoms with Crippen LogP contribution in [-0.2, 0) is 14.1 Å². The van der Waals surface area contributed by atoms with Crippen LogP contribution in [0.25, 0.3) is 33.9 Å². The molecule has 0 radical (unpaired) electrons. The molecule has 30 heavy (non-hydrogen) atoms. The third kappa shape index (κ3) is 2.35. The molecule has 0 unspecified atom stereocenters. The van der Waals surface area contributed by atoms with Crippen molar-refractivity contribution in [3.63, 3.8) is 0 Å². The fraction of sp³-hybridized carbons (Fsp3) is 0.174. The van der Waals surface area contributed by atoms with Gasteiger partial charge in [0.25, 0.3) is 5.56 Å². The van der Waals surface area contributed by atoms with Crippen LogP contribution in [0.2, 0.25) is 0 Å². The minimum absolute atomic E-state index is 0.357. The molecule has 0 aliphatic heterocycles. The Kier molecular flexibility index (Phi) is 3.83. The molecule has 0 amide bonds. The van der Waals surface area contributed by atoms with Crippen LogP contribution in [0.15, 0.2) is 64.2 Å². The molecule has 0 saturated carbocycles. The number of fused-ring (bicyclic) bond motifs is 3. The molecule has 0 saturated heterocycles. The number of benzene rings is 2. The van der Waals surface area contributed by atoms with Gasteiger partial charge in [-0.25, -0.2) is 4.79 Å². The molecule has 0 aliphatic rings. The SMILES string of the molecule is Cc1ccc(-c2c(C)n3c4c(=O)n(C)c(=O)n(C)c4nc3n2-c2ccccc2)cc1. The standard InChI is InChI=1S/C23H21N5O2/c1-14-10-12-16(13-11-14)18-15(2)27-19-20(25(3)23(30)26(4)21(19)29)24-22(27)28(18)17-8-6-5-7-9-17/h5-13H,1-4H3. The summed E-state index contributed by atoms with van der Waals surface area (Å²) < 4.78 is 6.45. The number of para-hydroxylation sites is 1. The first-order valence-corrected chi connectivity index (χ1v) is 9.72. The maximum atomic E-state index is 13.0. The number of hydrogen-bond donors (Lipinski definition) is 0. The van der Waals surface area contributed by atoms with Crippen molar-refractivity contribution in [2.75, 3.05) is 0 Å². The Morgan fingerprint density at radius 2 is 1.50 bits per heavy atom. The van der Waals surface area contributed by atoms with Gasteiger partial charge in [-0.3, -0.25) is 22.9 Å². The summed E-state index contributed by atoms with van der Waals surface area (Å²) in [6.07, 6.45) is 0. The highest BCUT2D eigenvalue weighted by Crippen LogP contribution is 2.32. The summed E-state index contributed by atoms with van der Waals surface area (Å²) in [5, 5.41) is 0. The number of nitrogens with zero attached hydrogens (tertiary/aromatic N) is 5. The van der Waals surface area contributed by atoms with Crippen LogP contribution >= 0.6 is 0 Å². The topological polar surface area (TPSA) is 66.2 Å². The molecule has 5 rings (SSSR count). The van der Waals surface area contributed by atoms with Crippen LogP contribution in [0.4, 0.5) is 0 Å². The van der Waals surface area contributed by atoms with Gasteiger partial charge in [-0.1, -0.05) is 48.0 Å². The molecule has 2 aromatic carbocycles. The highest BCUT2D eigenvalue weighted by Gasteiger charge is 2.24. The Labute approximate surface area is 172 Å². The van der Waals surface area contributed by atoms with Gasteiger partial charge in [0.05, 0.1) is 5.69 Å². The van der Waals surface area contributed by atoms with Crippen molar-refractivity contribution in [3.05, 3.63) is 86.7 Å². The Morgan fingerprint density at radius 1 is 0.833 bits per heavy atom. The number of aromatic nitrogens is 5. The fourth-order valence-corrected chi connectivity index (χ4v) is 4.09. The Morgan fingerprint density at radius 3 is 2.17 bits per heavy atom. The molecule has 3 aromatic heterocycles. The quantitative estimate of drug-likeness (QED) is 0.458. The van der Waals surface area contributed by atoms with Crippen LogP contribution < -0.4 is 11.2 Å². The van der Waals surface area contributed by atoms with E-state index in [2.05, 4.69) is 31.2 Å². The van der Waals surface area contributed by atoms with Crippen LogP contribution in [0.1, 0.15) is 11.3 Å². The van der Waals surface area contributed by atoms with Gasteiger partial charge in [0.15, 0.2) is 11.2 Å². The van der Waals surface area contributed by atoms with Gasteiger partial charge in [0, 0.05) is 31.0 Å². The molecular formula is C23H21N5O2. The van der Waals surface area contributed by atoms with Crippen molar-refractivity contribution >= 4 is 16.9 Å². The highest BCUT2D eigenvalue weighted by molar-refractivity contribution is 5.81. The molecule has 3 heterocycles. The predicted octanol–water partition coefficient (Wildman–Crippen LogP) is 2.96. The summed E-state index contributed by atoms with van der Waals surface area (Å²) in [4.78, 5) is 30.2. The van der Waals surface area contributed by atoms with Crippen LogP contribution in [0, 0.1) is 13.8 Å². The van der Waals surface area contributed by atoms with E-state index in [-0.39, 0.29) is 5.56 Å². The Hall–Kier alpha value is -3.87. The number of aryl methyl sites for hydroxylation is 3. The minimum Gasteiger partial charge on any atom is -0.279 e. The largest absolute Gasteiger partial charge is 0.332 e. The molecular weight excluding hydrogens is 378 g/mol. The summed E-state index contributed by atoms with van der Waals surface area (Å²) >= 11 is 0. The molecule has 5 aromatic rings. The summed E-state index contributed by atoms with van der Waals surface area (Å²) in [7, 11) is 3.13. The monoisotopic (exact) mass is 399 g/mol. The lowest BCUT2D eigenvalue weighted by atomic mass is 10.1. The van der Waals surface area contributed by atoms with Crippen molar-refractivity contribution in [2.45, 2.75) is 13.8 Å². The number of imidazole rings is 2. The van der Waals surface area contributed by atoms with Gasteiger partial charge < -0.3 is 0 Å². The zero-order valence-corrected chi connectivity index (χ0v) is 17.2. The molecule has 0 atom stereocenters. The first-order chi connectivity index (χ1) is 14.4. The molecule has 0 N–H and O–H groups in total. The minimum atomic E-state index is -0.393. The first-order valence-electron chi connectivity index (χ1n) is 9.72. The van der Waals surface area contributed by atoms with Crippen LogP contribution in [0.3, 0.4) is 0 Å². The highest BCUT2D eigenvalue weighted by atomic mass is 16.2. The van der Waals surface area contributed by atoms with Crippen molar-refractivity contribution in [3.8, 4) is 16.9 Å². The average molecular weight is 399 g/mol. The maximum Gasteiger partial charge on any atom is 0.332 e. The summed E-state index contributed by atoms with van der Waals surface area (Å²) in [6.45, 7) is 4.03. The van der Waals surface area contributed by atoms with Crippen LogP contribution in [-0.4, -0.2) is 23.1 Å². The Balaban J connectivity index is 2.03. The fourth-order valence-electron chi connectivity index (χ4n) is 4.09. The second-order valence-corrected chi connectivity index (χ2v) is 7.60. The molecule has 0 fully saturated rings. The van der Waals surface area contributed by atoms with E-state index in [0.29, 0.717) is 16.9 Å². The molecule has 0 bridgehead atoms. The lowest BCUT2D eigenvalue weighted by molar-refractivity contribution is 0.707. The van der Waals surface area contributed by atoms with Gasteiger partial charge in [0.1, 0.15) is 0 Å². The normalized spacial score (nSPS) is 11.6. The van der Waals surface area contributed by atoms with Crippen molar-refractivity contribution < 1.29 is 0 Å². The van der Waals surface area contributed by atoms with Crippen LogP contribution in [0.5, 0.6) is 0 Å². The van der Waals surface area contributed by atoms with Gasteiger partial charge in [-0.2, -0.15) is 4.98 Å². The van der Waals surface area contributed by atoms with E-state index in [1.54, 1.807) is 7.05 Å². The molecule has 7 heteroatoms. The molecule has 7 nitrogen and oxygen atoms in total. The lowest BCUT2D eigenvalue weighted by Gasteiger charge is -2.10. The van der Waals surface area contributed by atoms with E-state index in [9.17, 15) is 9.59 Å². The van der Waals surface area contributed by atoms with E-state index in [0.717, 1.165) is 27.2 Å². The average Bonchev–Trinajstić information content (AvgIpc) is 3.27. The van der Waals surface area contributed by atoms with E-state index in [1.165, 1.54) is 17.2 Å². The second-order valence-electron chi connectivity index (χ2n) is 7.60. The van der Waals surface area contributed by atoms with E-state index in [1.807, 2.05) is 46.2 Å². The first kappa shape index (κ1) is 18.2. The Bertz CT molecular complexity index is 1550. The lowest BCUT2D eigenvalue weighted by Crippen LogP contribution is -2.37. The third-order valence-electron chi connectivity index (χ3n) is 5.68. The third-order valence-corrected chi connectivity index (χ3v) is 5.68. The molecule has 0 aliphatic carbocycles. The van der Waals surface area contributed by atoms with E-state index in [4.69, 9.17) is 4.98 Å². The summed E-state index contributed by atoms with van der Waals surface area (Å²) in [5.74, 6) is 0.600.